The first kappa shape index (κ1) is 14.7. The number of nitrogens with zero attached hydrogens (tertiary/aromatic N) is 2. The number of thioether (sulfide) groups is 1. The fraction of sp³-hybridized carbons (Fsp3) is 0.467. The molecule has 6 heteroatoms. The first-order valence-electron chi connectivity index (χ1n) is 7.08. The van der Waals surface area contributed by atoms with Crippen LogP contribution in [0.25, 0.3) is 0 Å². The summed E-state index contributed by atoms with van der Waals surface area (Å²) in [5.74, 6) is 2.76. The largest absolute Gasteiger partial charge is 0.493 e. The monoisotopic (exact) mass is 322 g/mol. The van der Waals surface area contributed by atoms with Crippen molar-refractivity contribution in [2.24, 2.45) is 0 Å². The van der Waals surface area contributed by atoms with Crippen molar-refractivity contribution in [3.63, 3.8) is 0 Å². The van der Waals surface area contributed by atoms with Gasteiger partial charge < -0.3 is 4.74 Å². The number of methoxy groups -OCH3 is 1. The van der Waals surface area contributed by atoms with Gasteiger partial charge in [-0.15, -0.1) is 11.3 Å². The number of rotatable bonds is 5. The van der Waals surface area contributed by atoms with Gasteiger partial charge in [-0.05, 0) is 30.2 Å². The molecule has 0 fully saturated rings. The predicted molar refractivity (Wildman–Crippen MR) is 86.7 cm³/mol. The van der Waals surface area contributed by atoms with Crippen molar-refractivity contribution in [1.29, 1.82) is 0 Å². The Morgan fingerprint density at radius 2 is 2.38 bits per heavy atom. The van der Waals surface area contributed by atoms with Gasteiger partial charge in [-0.2, -0.15) is 16.9 Å². The van der Waals surface area contributed by atoms with E-state index in [1.807, 2.05) is 11.8 Å². The number of thiophene rings is 1. The van der Waals surface area contributed by atoms with Gasteiger partial charge in [0, 0.05) is 17.2 Å². The van der Waals surface area contributed by atoms with Crippen LogP contribution in [0.3, 0.4) is 0 Å². The number of carbonyl (C=O) groups excluding carboxylic acids is 1. The van der Waals surface area contributed by atoms with Crippen LogP contribution in [0.1, 0.15) is 39.2 Å². The summed E-state index contributed by atoms with van der Waals surface area (Å²) in [5, 5.41) is 4.28. The predicted octanol–water partition coefficient (Wildman–Crippen LogP) is 3.38. The van der Waals surface area contributed by atoms with Gasteiger partial charge in [0.15, 0.2) is 11.4 Å². The van der Waals surface area contributed by atoms with Gasteiger partial charge in [0.25, 0.3) is 0 Å². The van der Waals surface area contributed by atoms with Crippen LogP contribution in [0.5, 0.6) is 5.75 Å². The molecule has 112 valence electrons. The number of aryl methyl sites for hydroxylation is 2. The molecule has 21 heavy (non-hydrogen) atoms. The topological polar surface area (TPSA) is 44.1 Å². The maximum atomic E-state index is 12.9. The Balaban J connectivity index is 1.97. The lowest BCUT2D eigenvalue weighted by atomic mass is 10.1. The summed E-state index contributed by atoms with van der Waals surface area (Å²) in [5.41, 5.74) is 1.89. The number of ether oxygens (including phenoxy) is 1. The normalized spacial score (nSPS) is 14.0. The standard InChI is InChI=1S/C15H18N2O2S2/c1-3-5-17-14(11(19-2)8-16-17)15(18)13-7-10-9-20-6-4-12(10)21-13/h7-8H,3-6,9H2,1-2H3. The molecule has 0 saturated heterocycles. The number of ketones is 1. The molecule has 0 spiro atoms. The third kappa shape index (κ3) is 2.74. The fourth-order valence-electron chi connectivity index (χ4n) is 2.50. The Kier molecular flexibility index (Phi) is 4.35. The van der Waals surface area contributed by atoms with E-state index in [2.05, 4.69) is 18.1 Å². The summed E-state index contributed by atoms with van der Waals surface area (Å²) in [4.78, 5) is 15.0. The highest BCUT2D eigenvalue weighted by Gasteiger charge is 2.24. The van der Waals surface area contributed by atoms with E-state index in [9.17, 15) is 4.79 Å². The number of aromatic nitrogens is 2. The van der Waals surface area contributed by atoms with Crippen molar-refractivity contribution in [1.82, 2.24) is 9.78 Å². The zero-order valence-electron chi connectivity index (χ0n) is 12.2. The first-order chi connectivity index (χ1) is 10.2. The summed E-state index contributed by atoms with van der Waals surface area (Å²) in [6.07, 6.45) is 3.64. The van der Waals surface area contributed by atoms with Gasteiger partial charge >= 0.3 is 0 Å². The van der Waals surface area contributed by atoms with E-state index in [1.54, 1.807) is 29.3 Å². The van der Waals surface area contributed by atoms with E-state index < -0.39 is 0 Å². The Hall–Kier alpha value is -1.27. The Morgan fingerprint density at radius 3 is 3.10 bits per heavy atom. The molecule has 0 saturated carbocycles. The molecule has 3 rings (SSSR count). The molecule has 3 heterocycles. The van der Waals surface area contributed by atoms with Gasteiger partial charge in [-0.1, -0.05) is 6.92 Å². The number of carbonyl (C=O) groups is 1. The zero-order valence-corrected chi connectivity index (χ0v) is 13.9. The van der Waals surface area contributed by atoms with Gasteiger partial charge in [0.1, 0.15) is 0 Å². The maximum Gasteiger partial charge on any atom is 0.224 e. The van der Waals surface area contributed by atoms with Crippen molar-refractivity contribution in [3.05, 3.63) is 33.3 Å². The highest BCUT2D eigenvalue weighted by Crippen LogP contribution is 2.34. The van der Waals surface area contributed by atoms with E-state index in [-0.39, 0.29) is 5.78 Å². The minimum Gasteiger partial charge on any atom is -0.493 e. The van der Waals surface area contributed by atoms with Crippen molar-refractivity contribution in [2.75, 3.05) is 12.9 Å². The van der Waals surface area contributed by atoms with Crippen molar-refractivity contribution < 1.29 is 9.53 Å². The minimum absolute atomic E-state index is 0.0298. The molecule has 0 amide bonds. The number of fused-ring (bicyclic) bond motifs is 1. The minimum atomic E-state index is 0.0298. The molecule has 0 bridgehead atoms. The van der Waals surface area contributed by atoms with E-state index >= 15 is 0 Å². The van der Waals surface area contributed by atoms with Crippen LogP contribution in [-0.4, -0.2) is 28.4 Å². The Labute approximate surface area is 132 Å². The lowest BCUT2D eigenvalue weighted by molar-refractivity contribution is 0.102. The van der Waals surface area contributed by atoms with Crippen molar-refractivity contribution in [2.45, 2.75) is 32.1 Å². The molecule has 0 N–H and O–H groups in total. The van der Waals surface area contributed by atoms with Gasteiger partial charge in [-0.25, -0.2) is 0 Å². The molecule has 1 aliphatic heterocycles. The quantitative estimate of drug-likeness (QED) is 0.792. The van der Waals surface area contributed by atoms with Crippen LogP contribution in [0.2, 0.25) is 0 Å². The van der Waals surface area contributed by atoms with Gasteiger partial charge in [0.05, 0.1) is 18.2 Å². The summed E-state index contributed by atoms with van der Waals surface area (Å²) < 4.78 is 7.07. The lowest BCUT2D eigenvalue weighted by Gasteiger charge is -2.08. The third-order valence-corrected chi connectivity index (χ3v) is 5.77. The second-order valence-corrected chi connectivity index (χ2v) is 7.22. The van der Waals surface area contributed by atoms with Crippen LogP contribution in [-0.2, 0) is 18.7 Å². The molecular weight excluding hydrogens is 304 g/mol. The smallest absolute Gasteiger partial charge is 0.224 e. The van der Waals surface area contributed by atoms with Crippen molar-refractivity contribution >= 4 is 28.9 Å². The van der Waals surface area contributed by atoms with Crippen LogP contribution in [0.15, 0.2) is 12.3 Å². The highest BCUT2D eigenvalue weighted by atomic mass is 32.2. The summed E-state index contributed by atoms with van der Waals surface area (Å²) in [6, 6.07) is 2.05. The summed E-state index contributed by atoms with van der Waals surface area (Å²) >= 11 is 3.56. The molecule has 0 aliphatic carbocycles. The van der Waals surface area contributed by atoms with Crippen LogP contribution in [0, 0.1) is 0 Å². The van der Waals surface area contributed by atoms with E-state index in [4.69, 9.17) is 4.74 Å². The molecule has 0 unspecified atom stereocenters. The molecule has 2 aromatic rings. The summed E-state index contributed by atoms with van der Waals surface area (Å²) in [7, 11) is 1.58. The Morgan fingerprint density at radius 1 is 1.52 bits per heavy atom. The molecule has 2 aromatic heterocycles. The first-order valence-corrected chi connectivity index (χ1v) is 9.05. The number of hydrogen-bond acceptors (Lipinski definition) is 5. The second kappa shape index (κ2) is 6.23. The summed E-state index contributed by atoms with van der Waals surface area (Å²) in [6.45, 7) is 2.80. The van der Waals surface area contributed by atoms with E-state index in [0.29, 0.717) is 11.4 Å². The zero-order chi connectivity index (χ0) is 14.8. The average Bonchev–Trinajstić information content (AvgIpc) is 3.10. The lowest BCUT2D eigenvalue weighted by Crippen LogP contribution is -2.11. The van der Waals surface area contributed by atoms with Gasteiger partial charge in [0.2, 0.25) is 5.78 Å². The molecular formula is C15H18N2O2S2. The SMILES string of the molecule is CCCn1ncc(OC)c1C(=O)c1cc2c(s1)CCSC2. The average molecular weight is 322 g/mol. The van der Waals surface area contributed by atoms with Crippen LogP contribution in [0.4, 0.5) is 0 Å². The third-order valence-electron chi connectivity index (χ3n) is 3.53. The van der Waals surface area contributed by atoms with E-state index in [0.717, 1.165) is 35.8 Å². The van der Waals surface area contributed by atoms with Crippen molar-refractivity contribution in [3.8, 4) is 5.75 Å². The number of hydrogen-bond donors (Lipinski definition) is 0. The van der Waals surface area contributed by atoms with Crippen LogP contribution < -0.4 is 4.74 Å². The molecule has 0 atom stereocenters. The molecule has 4 nitrogen and oxygen atoms in total. The Bertz CT molecular complexity index is 637. The molecule has 0 radical (unpaired) electrons. The fourth-order valence-corrected chi connectivity index (χ4v) is 4.82. The van der Waals surface area contributed by atoms with Crippen LogP contribution >= 0.6 is 23.1 Å². The molecule has 0 aromatic carbocycles. The second-order valence-electron chi connectivity index (χ2n) is 4.98. The highest BCUT2D eigenvalue weighted by molar-refractivity contribution is 7.98. The van der Waals surface area contributed by atoms with E-state index in [1.165, 1.54) is 10.4 Å². The maximum absolute atomic E-state index is 12.9. The molecule has 1 aliphatic rings. The van der Waals surface area contributed by atoms with Gasteiger partial charge in [-0.3, -0.25) is 9.48 Å².